The Labute approximate surface area is 271 Å². The molecule has 9 nitrogen and oxygen atoms in total. The van der Waals surface area contributed by atoms with E-state index in [9.17, 15) is 28.0 Å². The molecule has 3 amide bonds. The fourth-order valence-corrected chi connectivity index (χ4v) is 4.27. The maximum absolute atomic E-state index is 13.4. The number of carbonyl (C=O) groups is 4. The highest BCUT2D eigenvalue weighted by atomic mass is 19.1. The molecule has 0 bridgehead atoms. The zero-order chi connectivity index (χ0) is 34.3. The van der Waals surface area contributed by atoms with Crippen molar-refractivity contribution in [2.45, 2.75) is 58.9 Å². The van der Waals surface area contributed by atoms with Gasteiger partial charge in [-0.05, 0) is 67.8 Å². The maximum atomic E-state index is 13.4. The van der Waals surface area contributed by atoms with Crippen LogP contribution in [-0.2, 0) is 32.0 Å². The number of halogens is 2. The summed E-state index contributed by atoms with van der Waals surface area (Å²) in [5, 5.41) is 2.82. The second-order valence-electron chi connectivity index (χ2n) is 10.3. The summed E-state index contributed by atoms with van der Waals surface area (Å²) in [7, 11) is 1.79. The van der Waals surface area contributed by atoms with Crippen LogP contribution in [0, 0.1) is 11.6 Å². The number of carbonyl (C=O) groups excluding carboxylic acids is 4. The number of nitrogens with two attached hydrogens (primary N) is 1. The van der Waals surface area contributed by atoms with Crippen LogP contribution in [0.3, 0.4) is 0 Å². The van der Waals surface area contributed by atoms with Gasteiger partial charge in [0.05, 0.1) is 19.0 Å². The lowest BCUT2D eigenvalue weighted by Crippen LogP contribution is -2.48. The highest BCUT2D eigenvalue weighted by Crippen LogP contribution is 2.11. The third-order valence-electron chi connectivity index (χ3n) is 6.58. The van der Waals surface area contributed by atoms with Gasteiger partial charge in [-0.15, -0.1) is 0 Å². The van der Waals surface area contributed by atoms with Gasteiger partial charge in [0.15, 0.2) is 0 Å². The van der Waals surface area contributed by atoms with E-state index in [1.165, 1.54) is 36.1 Å². The predicted molar refractivity (Wildman–Crippen MR) is 178 cm³/mol. The Hall–Kier alpha value is -4.51. The number of nitrogens with one attached hydrogen (secondary N) is 1. The van der Waals surface area contributed by atoms with Crippen LogP contribution in [-0.4, -0.2) is 79.3 Å². The van der Waals surface area contributed by atoms with Gasteiger partial charge in [0.1, 0.15) is 17.9 Å². The Morgan fingerprint density at radius 2 is 1.50 bits per heavy atom. The molecule has 3 rings (SSSR count). The van der Waals surface area contributed by atoms with Crippen LogP contribution in [0.25, 0.3) is 0 Å². The first-order valence-electron chi connectivity index (χ1n) is 15.4. The van der Waals surface area contributed by atoms with E-state index < -0.39 is 6.04 Å². The van der Waals surface area contributed by atoms with E-state index in [1.54, 1.807) is 37.5 Å². The second-order valence-corrected chi connectivity index (χ2v) is 10.3. The van der Waals surface area contributed by atoms with Gasteiger partial charge in [0.2, 0.25) is 17.7 Å². The number of aliphatic imine (C=N–C) groups is 1. The summed E-state index contributed by atoms with van der Waals surface area (Å²) in [6.45, 7) is 6.45. The smallest absolute Gasteiger partial charge is 0.237 e. The van der Waals surface area contributed by atoms with Gasteiger partial charge >= 0.3 is 0 Å². The molecular weight excluding hydrogens is 592 g/mol. The number of likely N-dealkylation sites (N-methyl/N-ethyl adjacent to an activating group) is 1. The minimum absolute atomic E-state index is 0.0385. The average molecular weight is 640 g/mol. The van der Waals surface area contributed by atoms with Gasteiger partial charge in [0, 0.05) is 44.9 Å². The molecule has 0 saturated carbocycles. The number of primary amides is 1. The molecule has 1 aliphatic heterocycles. The third-order valence-corrected chi connectivity index (χ3v) is 6.58. The summed E-state index contributed by atoms with van der Waals surface area (Å²) in [5.41, 5.74) is 7.10. The van der Waals surface area contributed by atoms with Crippen LogP contribution in [0.5, 0.6) is 0 Å². The van der Waals surface area contributed by atoms with E-state index in [0.717, 1.165) is 23.2 Å². The van der Waals surface area contributed by atoms with Crippen molar-refractivity contribution < 1.29 is 28.0 Å². The Bertz CT molecular complexity index is 1310. The molecule has 1 heterocycles. The van der Waals surface area contributed by atoms with E-state index >= 15 is 0 Å². The van der Waals surface area contributed by atoms with Crippen molar-refractivity contribution >= 4 is 30.2 Å². The van der Waals surface area contributed by atoms with E-state index in [0.29, 0.717) is 38.6 Å². The number of hydrogen-bond donors (Lipinski definition) is 2. The molecule has 0 radical (unpaired) electrons. The molecule has 2 aromatic rings. The molecule has 3 N–H and O–H groups in total. The minimum Gasteiger partial charge on any atom is -0.370 e. The lowest BCUT2D eigenvalue weighted by Gasteiger charge is -2.30. The highest BCUT2D eigenvalue weighted by molar-refractivity contribution is 5.85. The quantitative estimate of drug-likeness (QED) is 0.280. The number of rotatable bonds is 15. The zero-order valence-electron chi connectivity index (χ0n) is 27.3. The molecule has 0 aliphatic carbocycles. The van der Waals surface area contributed by atoms with Crippen molar-refractivity contribution in [3.63, 3.8) is 0 Å². The molecule has 0 aromatic heterocycles. The molecule has 250 valence electrons. The Morgan fingerprint density at radius 1 is 0.957 bits per heavy atom. The third kappa shape index (κ3) is 17.1. The lowest BCUT2D eigenvalue weighted by atomic mass is 10.1. The van der Waals surface area contributed by atoms with Gasteiger partial charge in [-0.3, -0.25) is 24.3 Å². The number of aldehydes is 1. The van der Waals surface area contributed by atoms with Gasteiger partial charge < -0.3 is 20.7 Å². The molecule has 0 spiro atoms. The number of allylic oxidation sites excluding steroid dienone is 3. The number of hydrogen-bond acceptors (Lipinski definition) is 6. The molecule has 2 aromatic carbocycles. The first-order chi connectivity index (χ1) is 22.1. The van der Waals surface area contributed by atoms with Crippen LogP contribution in [0.2, 0.25) is 0 Å². The maximum Gasteiger partial charge on any atom is 0.237 e. The first-order valence-corrected chi connectivity index (χ1v) is 15.4. The van der Waals surface area contributed by atoms with Crippen LogP contribution in [0.1, 0.15) is 51.2 Å². The molecule has 1 atom stereocenters. The van der Waals surface area contributed by atoms with E-state index in [4.69, 9.17) is 0 Å². The van der Waals surface area contributed by atoms with Gasteiger partial charge in [0.25, 0.3) is 0 Å². The molecule has 1 unspecified atom stereocenters. The minimum atomic E-state index is -0.947. The van der Waals surface area contributed by atoms with Crippen LogP contribution < -0.4 is 11.1 Å². The average Bonchev–Trinajstić information content (AvgIpc) is 3.31. The standard InChI is InChI=1S/C31H36F2N4O3.C2H5NO.C2H6/c1-36(19-15-24-6-10-26(32)11-7-24)22-31(40)37(20-16-25-8-12-27(33)13-9-25)29(23-38)21-30(39)35-18-14-28-5-3-2-4-17-34-28;1-2(3)4;1-2/h2,4-13,17,23,29H,3,14-16,18-22H2,1H3,(H,35,39);1H3,(H2,3,4);1-2H3. The first kappa shape index (κ1) is 39.5. The highest BCUT2D eigenvalue weighted by Gasteiger charge is 2.26. The van der Waals surface area contributed by atoms with Crippen molar-refractivity contribution in [3.05, 3.63) is 95.2 Å². The molecule has 46 heavy (non-hydrogen) atoms. The fourth-order valence-electron chi connectivity index (χ4n) is 4.27. The summed E-state index contributed by atoms with van der Waals surface area (Å²) in [5.74, 6) is -1.62. The predicted octanol–water partition coefficient (Wildman–Crippen LogP) is 4.41. The lowest BCUT2D eigenvalue weighted by molar-refractivity contribution is -0.138. The van der Waals surface area contributed by atoms with Gasteiger partial charge in [-0.25, -0.2) is 8.78 Å². The van der Waals surface area contributed by atoms with Crippen molar-refractivity contribution in [1.82, 2.24) is 15.1 Å². The Kier molecular flexibility index (Phi) is 19.7. The number of amides is 3. The Balaban J connectivity index is 0.00000163. The summed E-state index contributed by atoms with van der Waals surface area (Å²) >= 11 is 0. The van der Waals surface area contributed by atoms with Crippen molar-refractivity contribution in [2.24, 2.45) is 10.7 Å². The van der Waals surface area contributed by atoms with Crippen molar-refractivity contribution in [2.75, 3.05) is 33.2 Å². The monoisotopic (exact) mass is 639 g/mol. The van der Waals surface area contributed by atoms with Crippen LogP contribution >= 0.6 is 0 Å². The zero-order valence-corrected chi connectivity index (χ0v) is 27.3. The van der Waals surface area contributed by atoms with Crippen molar-refractivity contribution in [3.8, 4) is 0 Å². The topological polar surface area (TPSA) is 125 Å². The summed E-state index contributed by atoms with van der Waals surface area (Å²) in [6.07, 6.45) is 10.4. The number of nitrogens with zero attached hydrogens (tertiary/aromatic N) is 3. The van der Waals surface area contributed by atoms with E-state index in [-0.39, 0.29) is 48.9 Å². The SMILES string of the molecule is CC.CC(N)=O.CN(CCc1ccc(F)cc1)CC(=O)N(CCc1ccc(F)cc1)C(C=O)CC(=O)NCCC1=CCC=CC=N1. The second kappa shape index (κ2) is 22.9. The van der Waals surface area contributed by atoms with Crippen LogP contribution in [0.15, 0.2) is 77.4 Å². The normalized spacial score (nSPS) is 12.4. The summed E-state index contributed by atoms with van der Waals surface area (Å²) < 4.78 is 26.5. The molecule has 0 saturated heterocycles. The largest absolute Gasteiger partial charge is 0.370 e. The summed E-state index contributed by atoms with van der Waals surface area (Å²) in [4.78, 5) is 55.0. The van der Waals surface area contributed by atoms with Gasteiger partial charge in [-0.2, -0.15) is 0 Å². The molecule has 0 fully saturated rings. The molecular formula is C35H47F2N5O4. The molecule has 11 heteroatoms. The van der Waals surface area contributed by atoms with Crippen molar-refractivity contribution in [1.29, 1.82) is 0 Å². The fraction of sp³-hybridized carbons (Fsp3) is 0.400. The number of benzene rings is 2. The summed E-state index contributed by atoms with van der Waals surface area (Å²) in [6, 6.07) is 11.2. The Morgan fingerprint density at radius 3 is 2.04 bits per heavy atom. The van der Waals surface area contributed by atoms with Gasteiger partial charge in [-0.1, -0.05) is 50.3 Å². The van der Waals surface area contributed by atoms with Crippen LogP contribution in [0.4, 0.5) is 8.78 Å². The van der Waals surface area contributed by atoms with E-state index in [1.807, 2.05) is 37.0 Å². The van der Waals surface area contributed by atoms with E-state index in [2.05, 4.69) is 16.0 Å². The molecule has 1 aliphatic rings.